The van der Waals surface area contributed by atoms with Gasteiger partial charge in [0.15, 0.2) is 0 Å². The van der Waals surface area contributed by atoms with E-state index in [1.165, 1.54) is 7.11 Å². The minimum atomic E-state index is -1.30. The van der Waals surface area contributed by atoms with Crippen molar-refractivity contribution in [1.82, 2.24) is 0 Å². The summed E-state index contributed by atoms with van der Waals surface area (Å²) in [6.07, 6.45) is 0. The lowest BCUT2D eigenvalue weighted by atomic mass is 9.90. The summed E-state index contributed by atoms with van der Waals surface area (Å²) in [6.45, 7) is 5.57. The number of hydrogen-bond donors (Lipinski definition) is 2. The van der Waals surface area contributed by atoms with Crippen LogP contribution in [-0.4, -0.2) is 25.5 Å². The van der Waals surface area contributed by atoms with Crippen LogP contribution in [0.2, 0.25) is 5.02 Å². The van der Waals surface area contributed by atoms with Crippen LogP contribution in [0.5, 0.6) is 11.5 Å². The molecule has 7 heteroatoms. The molecule has 0 heterocycles. The first-order valence-electron chi connectivity index (χ1n) is 8.47. The topological polar surface area (TPSA) is 76.7 Å². The van der Waals surface area contributed by atoms with Gasteiger partial charge in [0, 0.05) is 11.4 Å². The van der Waals surface area contributed by atoms with Gasteiger partial charge in [-0.25, -0.2) is 0 Å². The van der Waals surface area contributed by atoms with E-state index in [1.54, 1.807) is 56.3 Å². The van der Waals surface area contributed by atoms with E-state index >= 15 is 0 Å². The molecule has 0 saturated heterocycles. The number of anilines is 2. The van der Waals surface area contributed by atoms with Gasteiger partial charge in [0.25, 0.3) is 0 Å². The maximum Gasteiger partial charge on any atom is 0.239 e. The van der Waals surface area contributed by atoms with Crippen LogP contribution >= 0.6 is 11.6 Å². The molecule has 0 atom stereocenters. The van der Waals surface area contributed by atoms with Gasteiger partial charge in [-0.2, -0.15) is 0 Å². The summed E-state index contributed by atoms with van der Waals surface area (Å²) in [5.41, 5.74) is -0.241. The van der Waals surface area contributed by atoms with Gasteiger partial charge in [0.1, 0.15) is 16.9 Å². The van der Waals surface area contributed by atoms with E-state index in [0.29, 0.717) is 34.5 Å². The first kappa shape index (κ1) is 20.6. The van der Waals surface area contributed by atoms with Crippen molar-refractivity contribution < 1.29 is 19.1 Å². The van der Waals surface area contributed by atoms with E-state index < -0.39 is 17.2 Å². The molecule has 2 N–H and O–H groups in total. The molecule has 2 amide bonds. The number of methoxy groups -OCH3 is 1. The monoisotopic (exact) mass is 390 g/mol. The third kappa shape index (κ3) is 5.14. The Kier molecular flexibility index (Phi) is 6.69. The molecule has 144 valence electrons. The average Bonchev–Trinajstić information content (AvgIpc) is 2.63. The zero-order valence-electron chi connectivity index (χ0n) is 15.8. The number of hydrogen-bond acceptors (Lipinski definition) is 4. The second-order valence-electron chi connectivity index (χ2n) is 6.34. The number of benzene rings is 2. The van der Waals surface area contributed by atoms with Gasteiger partial charge in [0.05, 0.1) is 18.7 Å². The fourth-order valence-electron chi connectivity index (χ4n) is 2.22. The van der Waals surface area contributed by atoms with Crippen LogP contribution in [0.1, 0.15) is 20.8 Å². The van der Waals surface area contributed by atoms with Gasteiger partial charge in [-0.15, -0.1) is 0 Å². The SMILES string of the molecule is CCOc1ccc(NC(=O)C(C)(C)C(=O)Nc2ccc(OC)c(Cl)c2)cc1. The summed E-state index contributed by atoms with van der Waals surface area (Å²) in [5.74, 6) is 0.335. The number of amides is 2. The molecule has 27 heavy (non-hydrogen) atoms. The van der Waals surface area contributed by atoms with Crippen molar-refractivity contribution in [3.05, 3.63) is 47.5 Å². The highest BCUT2D eigenvalue weighted by Gasteiger charge is 2.36. The second kappa shape index (κ2) is 8.77. The summed E-state index contributed by atoms with van der Waals surface area (Å²) in [5, 5.41) is 5.82. The number of nitrogens with one attached hydrogen (secondary N) is 2. The first-order valence-corrected chi connectivity index (χ1v) is 8.85. The summed E-state index contributed by atoms with van der Waals surface area (Å²) >= 11 is 6.07. The molecular weight excluding hydrogens is 368 g/mol. The van der Waals surface area contributed by atoms with Crippen molar-refractivity contribution in [1.29, 1.82) is 0 Å². The van der Waals surface area contributed by atoms with Gasteiger partial charge in [-0.1, -0.05) is 11.6 Å². The van der Waals surface area contributed by atoms with Crippen molar-refractivity contribution in [2.75, 3.05) is 24.4 Å². The highest BCUT2D eigenvalue weighted by atomic mass is 35.5. The maximum atomic E-state index is 12.6. The Morgan fingerprint density at radius 1 is 1.00 bits per heavy atom. The molecule has 0 spiro atoms. The van der Waals surface area contributed by atoms with Crippen molar-refractivity contribution in [3.8, 4) is 11.5 Å². The number of halogens is 1. The standard InChI is InChI=1S/C20H23ClN2O4/c1-5-27-15-9-6-13(7-10-15)22-18(24)20(2,3)19(25)23-14-8-11-17(26-4)16(21)12-14/h6-12H,5H2,1-4H3,(H,22,24)(H,23,25). The van der Waals surface area contributed by atoms with Crippen LogP contribution in [0.4, 0.5) is 11.4 Å². The molecule has 2 aromatic carbocycles. The van der Waals surface area contributed by atoms with Crippen LogP contribution in [0.15, 0.2) is 42.5 Å². The molecule has 0 aliphatic carbocycles. The quantitative estimate of drug-likeness (QED) is 0.689. The van der Waals surface area contributed by atoms with Crippen molar-refractivity contribution >= 4 is 34.8 Å². The molecule has 2 rings (SSSR count). The number of ether oxygens (including phenoxy) is 2. The summed E-state index contributed by atoms with van der Waals surface area (Å²) in [7, 11) is 1.51. The van der Waals surface area contributed by atoms with Crippen molar-refractivity contribution in [2.45, 2.75) is 20.8 Å². The minimum Gasteiger partial charge on any atom is -0.495 e. The van der Waals surface area contributed by atoms with Crippen LogP contribution in [0.3, 0.4) is 0 Å². The molecule has 0 aliphatic heterocycles. The van der Waals surface area contributed by atoms with Gasteiger partial charge in [-0.05, 0) is 63.2 Å². The molecule has 0 aromatic heterocycles. The molecule has 2 aromatic rings. The van der Waals surface area contributed by atoms with Crippen LogP contribution in [-0.2, 0) is 9.59 Å². The predicted octanol–water partition coefficient (Wildman–Crippen LogP) is 4.35. The third-order valence-electron chi connectivity index (χ3n) is 3.97. The van der Waals surface area contributed by atoms with Gasteiger partial charge < -0.3 is 20.1 Å². The predicted molar refractivity (Wildman–Crippen MR) is 107 cm³/mol. The Morgan fingerprint density at radius 3 is 2.07 bits per heavy atom. The summed E-state index contributed by atoms with van der Waals surface area (Å²) < 4.78 is 10.5. The third-order valence-corrected chi connectivity index (χ3v) is 4.26. The molecular formula is C20H23ClN2O4. The summed E-state index contributed by atoms with van der Waals surface area (Å²) in [6, 6.07) is 11.8. The highest BCUT2D eigenvalue weighted by Crippen LogP contribution is 2.29. The molecule has 0 aliphatic rings. The Bertz CT molecular complexity index is 819. The van der Waals surface area contributed by atoms with E-state index in [2.05, 4.69) is 10.6 Å². The Balaban J connectivity index is 2.05. The largest absolute Gasteiger partial charge is 0.495 e. The lowest BCUT2D eigenvalue weighted by Gasteiger charge is -2.23. The lowest BCUT2D eigenvalue weighted by molar-refractivity contribution is -0.135. The molecule has 0 saturated carbocycles. The number of carbonyl (C=O) groups excluding carboxylic acids is 2. The minimum absolute atomic E-state index is 0.368. The van der Waals surface area contributed by atoms with Crippen molar-refractivity contribution in [2.24, 2.45) is 5.41 Å². The van der Waals surface area contributed by atoms with E-state index in [4.69, 9.17) is 21.1 Å². The average molecular weight is 391 g/mol. The Morgan fingerprint density at radius 2 is 1.56 bits per heavy atom. The smallest absolute Gasteiger partial charge is 0.239 e. The Labute approximate surface area is 163 Å². The Hall–Kier alpha value is -2.73. The summed E-state index contributed by atoms with van der Waals surface area (Å²) in [4.78, 5) is 25.2. The fourth-order valence-corrected chi connectivity index (χ4v) is 2.48. The zero-order chi connectivity index (χ0) is 20.0. The normalized spacial score (nSPS) is 10.9. The molecule has 6 nitrogen and oxygen atoms in total. The van der Waals surface area contributed by atoms with E-state index in [0.717, 1.165) is 0 Å². The van der Waals surface area contributed by atoms with Gasteiger partial charge >= 0.3 is 0 Å². The second-order valence-corrected chi connectivity index (χ2v) is 6.75. The van der Waals surface area contributed by atoms with Crippen LogP contribution < -0.4 is 20.1 Å². The van der Waals surface area contributed by atoms with E-state index in [9.17, 15) is 9.59 Å². The highest BCUT2D eigenvalue weighted by molar-refractivity contribution is 6.32. The van der Waals surface area contributed by atoms with Crippen LogP contribution in [0, 0.1) is 5.41 Å². The first-order chi connectivity index (χ1) is 12.8. The van der Waals surface area contributed by atoms with Crippen molar-refractivity contribution in [3.63, 3.8) is 0 Å². The van der Waals surface area contributed by atoms with Gasteiger partial charge in [-0.3, -0.25) is 9.59 Å². The molecule has 0 unspecified atom stereocenters. The maximum absolute atomic E-state index is 12.6. The molecule has 0 fully saturated rings. The van der Waals surface area contributed by atoms with Gasteiger partial charge in [0.2, 0.25) is 11.8 Å². The number of carbonyl (C=O) groups is 2. The lowest BCUT2D eigenvalue weighted by Crippen LogP contribution is -2.41. The molecule has 0 radical (unpaired) electrons. The fraction of sp³-hybridized carbons (Fsp3) is 0.300. The molecule has 0 bridgehead atoms. The van der Waals surface area contributed by atoms with E-state index in [-0.39, 0.29) is 0 Å². The number of rotatable bonds is 7. The zero-order valence-corrected chi connectivity index (χ0v) is 16.5. The van der Waals surface area contributed by atoms with Crippen LogP contribution in [0.25, 0.3) is 0 Å². The van der Waals surface area contributed by atoms with E-state index in [1.807, 2.05) is 6.92 Å².